The standard InChI is InChI=1S/C29H24FN3O4/c30-22-10-4-3-9-21(22)28(35)32(19-7-1-2-8-19)24-17-26(34)33(29(24)36)20-15-13-18(14-16-20)27-31-23-11-5-6-12-25(23)37-27/h3-6,9-16,19,24H,1-2,7-8,17H2. The Labute approximate surface area is 212 Å². The van der Waals surface area contributed by atoms with E-state index >= 15 is 0 Å². The van der Waals surface area contributed by atoms with Gasteiger partial charge in [-0.15, -0.1) is 0 Å². The van der Waals surface area contributed by atoms with E-state index in [0.29, 0.717) is 22.7 Å². The molecule has 2 heterocycles. The second-order valence-electron chi connectivity index (χ2n) is 9.45. The predicted molar refractivity (Wildman–Crippen MR) is 135 cm³/mol. The molecule has 1 aliphatic heterocycles. The molecule has 0 N–H and O–H groups in total. The first kappa shape index (κ1) is 23.1. The van der Waals surface area contributed by atoms with Crippen molar-refractivity contribution >= 4 is 34.5 Å². The minimum absolute atomic E-state index is 0.0872. The largest absolute Gasteiger partial charge is 0.436 e. The lowest BCUT2D eigenvalue weighted by atomic mass is 10.1. The zero-order valence-corrected chi connectivity index (χ0v) is 20.0. The van der Waals surface area contributed by atoms with Crippen molar-refractivity contribution in [3.05, 3.63) is 84.2 Å². The van der Waals surface area contributed by atoms with E-state index in [1.165, 1.54) is 23.1 Å². The first-order valence-corrected chi connectivity index (χ1v) is 12.4. The number of imide groups is 1. The number of carbonyl (C=O) groups excluding carboxylic acids is 3. The molecule has 2 fully saturated rings. The number of benzene rings is 3. The molecule has 1 atom stereocenters. The highest BCUT2D eigenvalue weighted by Crippen LogP contribution is 2.34. The van der Waals surface area contributed by atoms with Gasteiger partial charge in [0.2, 0.25) is 11.8 Å². The molecule has 186 valence electrons. The number of amides is 3. The van der Waals surface area contributed by atoms with Gasteiger partial charge >= 0.3 is 0 Å². The molecule has 1 unspecified atom stereocenters. The van der Waals surface area contributed by atoms with Gasteiger partial charge in [-0.05, 0) is 61.4 Å². The molecule has 3 amide bonds. The number of anilines is 1. The summed E-state index contributed by atoms with van der Waals surface area (Å²) in [5.41, 5.74) is 2.43. The van der Waals surface area contributed by atoms with Crippen molar-refractivity contribution < 1.29 is 23.2 Å². The first-order chi connectivity index (χ1) is 18.0. The molecular weight excluding hydrogens is 473 g/mol. The Morgan fingerprint density at radius 3 is 2.38 bits per heavy atom. The van der Waals surface area contributed by atoms with Crippen molar-refractivity contribution in [1.29, 1.82) is 0 Å². The summed E-state index contributed by atoms with van der Waals surface area (Å²) in [6.07, 6.45) is 3.14. The number of nitrogens with zero attached hydrogens (tertiary/aromatic N) is 3. The highest BCUT2D eigenvalue weighted by molar-refractivity contribution is 6.23. The lowest BCUT2D eigenvalue weighted by Crippen LogP contribution is -2.50. The van der Waals surface area contributed by atoms with Crippen LogP contribution in [0.5, 0.6) is 0 Å². The van der Waals surface area contributed by atoms with E-state index in [2.05, 4.69) is 4.98 Å². The van der Waals surface area contributed by atoms with E-state index in [9.17, 15) is 18.8 Å². The van der Waals surface area contributed by atoms with Crippen LogP contribution in [0.3, 0.4) is 0 Å². The predicted octanol–water partition coefficient (Wildman–Crippen LogP) is 5.35. The van der Waals surface area contributed by atoms with Gasteiger partial charge in [-0.25, -0.2) is 14.3 Å². The summed E-state index contributed by atoms with van der Waals surface area (Å²) in [5.74, 6) is -1.62. The van der Waals surface area contributed by atoms with Crippen LogP contribution in [0.15, 0.2) is 77.2 Å². The van der Waals surface area contributed by atoms with Gasteiger partial charge in [0.25, 0.3) is 11.8 Å². The van der Waals surface area contributed by atoms with Crippen LogP contribution >= 0.6 is 0 Å². The van der Waals surface area contributed by atoms with E-state index in [-0.39, 0.29) is 18.0 Å². The molecule has 8 heteroatoms. The van der Waals surface area contributed by atoms with Crippen molar-refractivity contribution in [3.8, 4) is 11.5 Å². The Morgan fingerprint density at radius 2 is 1.65 bits per heavy atom. The van der Waals surface area contributed by atoms with E-state index in [1.807, 2.05) is 24.3 Å². The fourth-order valence-electron chi connectivity index (χ4n) is 5.37. The summed E-state index contributed by atoms with van der Waals surface area (Å²) in [5, 5.41) is 0. The third-order valence-electron chi connectivity index (χ3n) is 7.18. The van der Waals surface area contributed by atoms with Crippen LogP contribution in [0.1, 0.15) is 42.5 Å². The molecule has 0 spiro atoms. The molecule has 1 aliphatic carbocycles. The molecule has 6 rings (SSSR count). The minimum atomic E-state index is -0.973. The topological polar surface area (TPSA) is 83.7 Å². The Kier molecular flexibility index (Phi) is 5.79. The van der Waals surface area contributed by atoms with Gasteiger partial charge < -0.3 is 9.32 Å². The highest BCUT2D eigenvalue weighted by Gasteiger charge is 2.47. The second-order valence-corrected chi connectivity index (χ2v) is 9.45. The number of para-hydroxylation sites is 2. The number of aromatic nitrogens is 1. The highest BCUT2D eigenvalue weighted by atomic mass is 19.1. The van der Waals surface area contributed by atoms with Gasteiger partial charge in [0, 0.05) is 11.6 Å². The molecule has 0 radical (unpaired) electrons. The van der Waals surface area contributed by atoms with Gasteiger partial charge in [-0.1, -0.05) is 37.1 Å². The van der Waals surface area contributed by atoms with E-state index in [1.54, 1.807) is 30.3 Å². The van der Waals surface area contributed by atoms with Crippen LogP contribution in [0.4, 0.5) is 10.1 Å². The summed E-state index contributed by atoms with van der Waals surface area (Å²) < 4.78 is 20.3. The van der Waals surface area contributed by atoms with Gasteiger partial charge in [0.15, 0.2) is 5.58 Å². The number of oxazole rings is 1. The number of hydrogen-bond acceptors (Lipinski definition) is 5. The molecule has 0 bridgehead atoms. The molecule has 37 heavy (non-hydrogen) atoms. The van der Waals surface area contributed by atoms with Crippen molar-refractivity contribution in [3.63, 3.8) is 0 Å². The maximum Gasteiger partial charge on any atom is 0.257 e. The van der Waals surface area contributed by atoms with Crippen LogP contribution in [0.2, 0.25) is 0 Å². The average molecular weight is 498 g/mol. The zero-order chi connectivity index (χ0) is 25.5. The monoisotopic (exact) mass is 497 g/mol. The van der Waals surface area contributed by atoms with Crippen LogP contribution in [0, 0.1) is 5.82 Å². The summed E-state index contributed by atoms with van der Waals surface area (Å²) >= 11 is 0. The van der Waals surface area contributed by atoms with Crippen molar-refractivity contribution in [1.82, 2.24) is 9.88 Å². The maximum atomic E-state index is 14.5. The average Bonchev–Trinajstić information content (AvgIpc) is 3.65. The first-order valence-electron chi connectivity index (χ1n) is 12.4. The lowest BCUT2D eigenvalue weighted by Gasteiger charge is -2.33. The fourth-order valence-corrected chi connectivity index (χ4v) is 5.37. The summed E-state index contributed by atoms with van der Waals surface area (Å²) in [4.78, 5) is 47.2. The number of halogens is 1. The molecular formula is C29H24FN3O4. The van der Waals surface area contributed by atoms with Crippen molar-refractivity contribution in [2.24, 2.45) is 0 Å². The van der Waals surface area contributed by atoms with Crippen LogP contribution < -0.4 is 4.90 Å². The van der Waals surface area contributed by atoms with Crippen LogP contribution in [-0.4, -0.2) is 39.7 Å². The van der Waals surface area contributed by atoms with Crippen molar-refractivity contribution in [2.75, 3.05) is 4.90 Å². The molecule has 7 nitrogen and oxygen atoms in total. The van der Waals surface area contributed by atoms with E-state index in [0.717, 1.165) is 36.1 Å². The smallest absolute Gasteiger partial charge is 0.257 e. The van der Waals surface area contributed by atoms with E-state index < -0.39 is 29.6 Å². The van der Waals surface area contributed by atoms with Gasteiger partial charge in [-0.2, -0.15) is 0 Å². The third-order valence-corrected chi connectivity index (χ3v) is 7.18. The lowest BCUT2D eigenvalue weighted by molar-refractivity contribution is -0.123. The number of fused-ring (bicyclic) bond motifs is 1. The number of rotatable bonds is 5. The normalized spacial score (nSPS) is 18.2. The van der Waals surface area contributed by atoms with Gasteiger partial charge in [-0.3, -0.25) is 14.4 Å². The minimum Gasteiger partial charge on any atom is -0.436 e. The Morgan fingerprint density at radius 1 is 0.946 bits per heavy atom. The van der Waals surface area contributed by atoms with Crippen LogP contribution in [-0.2, 0) is 9.59 Å². The Hall–Kier alpha value is -4.33. The fraction of sp³-hybridized carbons (Fsp3) is 0.241. The number of carbonyl (C=O) groups is 3. The third kappa shape index (κ3) is 4.08. The zero-order valence-electron chi connectivity index (χ0n) is 20.0. The second kappa shape index (κ2) is 9.28. The maximum absolute atomic E-state index is 14.5. The molecule has 2 aliphatic rings. The van der Waals surface area contributed by atoms with Crippen molar-refractivity contribution in [2.45, 2.75) is 44.2 Å². The van der Waals surface area contributed by atoms with E-state index in [4.69, 9.17) is 4.42 Å². The Balaban J connectivity index is 1.29. The number of hydrogen-bond donors (Lipinski definition) is 0. The van der Waals surface area contributed by atoms with Gasteiger partial charge in [0.05, 0.1) is 17.7 Å². The summed E-state index contributed by atoms with van der Waals surface area (Å²) in [6, 6.07) is 18.8. The quantitative estimate of drug-likeness (QED) is 0.347. The molecule has 4 aromatic rings. The van der Waals surface area contributed by atoms with Gasteiger partial charge in [0.1, 0.15) is 17.4 Å². The van der Waals surface area contributed by atoms with Crippen LogP contribution in [0.25, 0.3) is 22.6 Å². The molecule has 1 saturated carbocycles. The summed E-state index contributed by atoms with van der Waals surface area (Å²) in [6.45, 7) is 0. The molecule has 3 aromatic carbocycles. The molecule has 1 aromatic heterocycles. The SMILES string of the molecule is O=C1CC(N(C(=O)c2ccccc2F)C2CCCC2)C(=O)N1c1ccc(-c2nc3ccccc3o2)cc1. The summed E-state index contributed by atoms with van der Waals surface area (Å²) in [7, 11) is 0. The molecule has 1 saturated heterocycles. The Bertz CT molecular complexity index is 1470.